The molecule has 1 aliphatic heterocycles. The number of carboxylic acid groups (broad SMARTS) is 1. The van der Waals surface area contributed by atoms with E-state index in [0.717, 1.165) is 17.3 Å². The Hall–Kier alpha value is -3.68. The third kappa shape index (κ3) is 4.42. The third-order valence-electron chi connectivity index (χ3n) is 5.19. The minimum atomic E-state index is -0.976. The zero-order valence-corrected chi connectivity index (χ0v) is 16.8. The third-order valence-corrected chi connectivity index (χ3v) is 5.19. The highest BCUT2D eigenvalue weighted by molar-refractivity contribution is 5.87. The van der Waals surface area contributed by atoms with Gasteiger partial charge in [-0.05, 0) is 42.3 Å². The summed E-state index contributed by atoms with van der Waals surface area (Å²) >= 11 is 0. The molecule has 1 aliphatic rings. The van der Waals surface area contributed by atoms with Crippen molar-refractivity contribution in [3.8, 4) is 5.75 Å². The van der Waals surface area contributed by atoms with E-state index in [1.54, 1.807) is 42.6 Å². The number of pyridine rings is 1. The average Bonchev–Trinajstić information content (AvgIpc) is 2.76. The lowest BCUT2D eigenvalue weighted by atomic mass is 10.1. The molecular formula is C23H21F2N3O3. The van der Waals surface area contributed by atoms with E-state index in [9.17, 15) is 13.6 Å². The van der Waals surface area contributed by atoms with E-state index in [4.69, 9.17) is 9.84 Å². The van der Waals surface area contributed by atoms with Crippen molar-refractivity contribution in [2.24, 2.45) is 0 Å². The molecule has 8 heteroatoms. The minimum absolute atomic E-state index is 0.158. The lowest BCUT2D eigenvalue weighted by Crippen LogP contribution is -2.33. The highest BCUT2D eigenvalue weighted by atomic mass is 19.2. The van der Waals surface area contributed by atoms with Gasteiger partial charge in [0.15, 0.2) is 17.5 Å². The van der Waals surface area contributed by atoms with Crippen molar-refractivity contribution < 1.29 is 23.4 Å². The molecule has 1 unspecified atom stereocenters. The summed E-state index contributed by atoms with van der Waals surface area (Å²) in [4.78, 5) is 17.6. The monoisotopic (exact) mass is 425 g/mol. The first-order chi connectivity index (χ1) is 14.9. The highest BCUT2D eigenvalue weighted by Crippen LogP contribution is 2.39. The van der Waals surface area contributed by atoms with Gasteiger partial charge in [-0.25, -0.2) is 18.6 Å². The quantitative estimate of drug-likeness (QED) is 0.600. The maximum atomic E-state index is 13.7. The van der Waals surface area contributed by atoms with E-state index >= 15 is 0 Å². The molecule has 4 rings (SSSR count). The van der Waals surface area contributed by atoms with Crippen LogP contribution in [-0.2, 0) is 6.54 Å². The molecule has 0 radical (unpaired) electrons. The molecule has 1 aromatic heterocycles. The summed E-state index contributed by atoms with van der Waals surface area (Å²) in [5.74, 6) is -1.49. The highest BCUT2D eigenvalue weighted by Gasteiger charge is 2.24. The molecule has 0 fully saturated rings. The van der Waals surface area contributed by atoms with Crippen LogP contribution >= 0.6 is 0 Å². The number of aromatic nitrogens is 1. The van der Waals surface area contributed by atoms with Crippen LogP contribution in [0.5, 0.6) is 5.75 Å². The van der Waals surface area contributed by atoms with E-state index in [1.807, 2.05) is 11.8 Å². The average molecular weight is 425 g/mol. The fourth-order valence-corrected chi connectivity index (χ4v) is 3.56. The topological polar surface area (TPSA) is 74.7 Å². The first-order valence-corrected chi connectivity index (χ1v) is 9.83. The van der Waals surface area contributed by atoms with Crippen LogP contribution in [0.1, 0.15) is 34.5 Å². The molecule has 0 spiro atoms. The van der Waals surface area contributed by atoms with Crippen molar-refractivity contribution >= 4 is 17.5 Å². The molecule has 2 heterocycles. The Morgan fingerprint density at radius 2 is 1.97 bits per heavy atom. The summed E-state index contributed by atoms with van der Waals surface area (Å²) in [6.07, 6.45) is 1.64. The van der Waals surface area contributed by atoms with Crippen LogP contribution in [-0.4, -0.2) is 29.2 Å². The number of hydrogen-bond acceptors (Lipinski definition) is 5. The SMILES string of the molecule is CC(Nc1nccc2c1N(Cc1ccc(F)c(F)c1)CCO2)c1ccc(C(=O)O)cc1. The van der Waals surface area contributed by atoms with E-state index in [1.165, 1.54) is 6.07 Å². The van der Waals surface area contributed by atoms with E-state index < -0.39 is 17.6 Å². The number of fused-ring (bicyclic) bond motifs is 1. The maximum absolute atomic E-state index is 13.7. The number of nitrogens with one attached hydrogen (secondary N) is 1. The Morgan fingerprint density at radius 1 is 1.19 bits per heavy atom. The number of anilines is 2. The number of halogens is 2. The van der Waals surface area contributed by atoms with Crippen molar-refractivity contribution in [2.45, 2.75) is 19.5 Å². The summed E-state index contributed by atoms with van der Waals surface area (Å²) in [5.41, 5.74) is 2.50. The molecule has 0 aliphatic carbocycles. The first-order valence-electron chi connectivity index (χ1n) is 9.83. The van der Waals surface area contributed by atoms with Crippen molar-refractivity contribution in [1.82, 2.24) is 4.98 Å². The van der Waals surface area contributed by atoms with Gasteiger partial charge in [0.05, 0.1) is 18.2 Å². The van der Waals surface area contributed by atoms with Crippen LogP contribution < -0.4 is 15.0 Å². The largest absolute Gasteiger partial charge is 0.489 e. The second-order valence-corrected chi connectivity index (χ2v) is 7.32. The second-order valence-electron chi connectivity index (χ2n) is 7.32. The molecule has 1 atom stereocenters. The van der Waals surface area contributed by atoms with Gasteiger partial charge in [0.2, 0.25) is 0 Å². The van der Waals surface area contributed by atoms with Crippen molar-refractivity contribution in [1.29, 1.82) is 0 Å². The smallest absolute Gasteiger partial charge is 0.335 e. The van der Waals surface area contributed by atoms with Gasteiger partial charge < -0.3 is 20.1 Å². The van der Waals surface area contributed by atoms with Gasteiger partial charge in [-0.1, -0.05) is 18.2 Å². The summed E-state index contributed by atoms with van der Waals surface area (Å²) < 4.78 is 32.7. The van der Waals surface area contributed by atoms with Crippen LogP contribution in [0.2, 0.25) is 0 Å². The number of carboxylic acids is 1. The molecule has 2 aromatic carbocycles. The number of hydrogen-bond donors (Lipinski definition) is 2. The summed E-state index contributed by atoms with van der Waals surface area (Å²) in [5, 5.41) is 12.4. The van der Waals surface area contributed by atoms with Crippen LogP contribution in [0, 0.1) is 11.6 Å². The first kappa shape index (κ1) is 20.6. The minimum Gasteiger partial charge on any atom is -0.489 e. The Balaban J connectivity index is 1.59. The molecule has 3 aromatic rings. The lowest BCUT2D eigenvalue weighted by Gasteiger charge is -2.33. The number of nitrogens with zero attached hydrogens (tertiary/aromatic N) is 2. The van der Waals surface area contributed by atoms with Crippen LogP contribution in [0.4, 0.5) is 20.3 Å². The molecule has 0 saturated heterocycles. The Bertz CT molecular complexity index is 1110. The fraction of sp³-hybridized carbons (Fsp3) is 0.217. The van der Waals surface area contributed by atoms with Crippen LogP contribution in [0.3, 0.4) is 0 Å². The molecular weight excluding hydrogens is 404 g/mol. The van der Waals surface area contributed by atoms with Crippen molar-refractivity contribution in [2.75, 3.05) is 23.4 Å². The van der Waals surface area contributed by atoms with Gasteiger partial charge in [-0.3, -0.25) is 0 Å². The van der Waals surface area contributed by atoms with Crippen molar-refractivity contribution in [3.63, 3.8) is 0 Å². The zero-order valence-electron chi connectivity index (χ0n) is 16.8. The molecule has 31 heavy (non-hydrogen) atoms. The predicted molar refractivity (Wildman–Crippen MR) is 113 cm³/mol. The number of rotatable bonds is 6. The Labute approximate surface area is 178 Å². The van der Waals surface area contributed by atoms with E-state index in [-0.39, 0.29) is 11.6 Å². The van der Waals surface area contributed by atoms with E-state index in [2.05, 4.69) is 10.3 Å². The van der Waals surface area contributed by atoms with Crippen LogP contribution in [0.15, 0.2) is 54.7 Å². The van der Waals surface area contributed by atoms with Crippen molar-refractivity contribution in [3.05, 3.63) is 83.1 Å². The number of benzene rings is 2. The molecule has 0 amide bonds. The zero-order chi connectivity index (χ0) is 22.0. The van der Waals surface area contributed by atoms with Crippen LogP contribution in [0.25, 0.3) is 0 Å². The number of ether oxygens (including phenoxy) is 1. The summed E-state index contributed by atoms with van der Waals surface area (Å²) in [6, 6.07) is 12.1. The Kier molecular flexibility index (Phi) is 5.70. The van der Waals surface area contributed by atoms with Gasteiger partial charge in [0.1, 0.15) is 18.0 Å². The normalized spacial score (nSPS) is 13.8. The molecule has 160 valence electrons. The number of carbonyl (C=O) groups is 1. The lowest BCUT2D eigenvalue weighted by molar-refractivity contribution is 0.0697. The van der Waals surface area contributed by atoms with Gasteiger partial charge in [-0.15, -0.1) is 0 Å². The molecule has 6 nitrogen and oxygen atoms in total. The standard InChI is InChI=1S/C23H21F2N3O3/c1-14(16-3-5-17(6-4-16)23(29)30)27-22-21-20(8-9-26-22)31-11-10-28(21)13-15-2-7-18(24)19(25)12-15/h2-9,12,14H,10-11,13H2,1H3,(H,26,27)(H,29,30). The maximum Gasteiger partial charge on any atom is 0.335 e. The molecule has 0 bridgehead atoms. The van der Waals surface area contributed by atoms with Gasteiger partial charge in [0, 0.05) is 18.8 Å². The fourth-order valence-electron chi connectivity index (χ4n) is 3.56. The summed E-state index contributed by atoms with van der Waals surface area (Å²) in [7, 11) is 0. The summed E-state index contributed by atoms with van der Waals surface area (Å²) in [6.45, 7) is 3.34. The number of aromatic carboxylic acids is 1. The molecule has 0 saturated carbocycles. The van der Waals surface area contributed by atoms with Gasteiger partial charge in [0.25, 0.3) is 0 Å². The van der Waals surface area contributed by atoms with Gasteiger partial charge >= 0.3 is 5.97 Å². The predicted octanol–water partition coefficient (Wildman–Crippen LogP) is 4.63. The van der Waals surface area contributed by atoms with E-state index in [0.29, 0.717) is 36.8 Å². The van der Waals surface area contributed by atoms with Gasteiger partial charge in [-0.2, -0.15) is 0 Å². The molecule has 2 N–H and O–H groups in total. The Morgan fingerprint density at radius 3 is 2.68 bits per heavy atom. The second kappa shape index (κ2) is 8.59.